The van der Waals surface area contributed by atoms with Crippen LogP contribution >= 0.6 is 0 Å². The minimum atomic E-state index is -0.981. The van der Waals surface area contributed by atoms with E-state index in [2.05, 4.69) is 5.32 Å². The van der Waals surface area contributed by atoms with Gasteiger partial charge in [-0.3, -0.25) is 0 Å². The lowest BCUT2D eigenvalue weighted by molar-refractivity contribution is 0.0697. The molecule has 3 atom stereocenters. The lowest BCUT2D eigenvalue weighted by atomic mass is 9.77. The van der Waals surface area contributed by atoms with E-state index in [0.717, 1.165) is 18.1 Å². The van der Waals surface area contributed by atoms with Crippen LogP contribution in [0.15, 0.2) is 48.6 Å². The molecule has 2 aliphatic rings. The fourth-order valence-corrected chi connectivity index (χ4v) is 3.78. The van der Waals surface area contributed by atoms with Gasteiger partial charge in [-0.15, -0.1) is 0 Å². The quantitative estimate of drug-likeness (QED) is 0.799. The molecule has 0 bridgehead atoms. The zero-order valence-electron chi connectivity index (χ0n) is 12.7. The van der Waals surface area contributed by atoms with Gasteiger partial charge >= 0.3 is 5.97 Å². The summed E-state index contributed by atoms with van der Waals surface area (Å²) in [5.41, 5.74) is 2.08. The van der Waals surface area contributed by atoms with Gasteiger partial charge in [0.2, 0.25) is 0 Å². The second kappa shape index (κ2) is 5.44. The van der Waals surface area contributed by atoms with Gasteiger partial charge in [-0.25, -0.2) is 13.6 Å². The second-order valence-corrected chi connectivity index (χ2v) is 6.25. The third-order valence-electron chi connectivity index (χ3n) is 4.90. The highest BCUT2D eigenvalue weighted by Gasteiger charge is 2.39. The molecule has 0 amide bonds. The maximum atomic E-state index is 14.2. The molecule has 0 saturated carbocycles. The van der Waals surface area contributed by atoms with Crippen LogP contribution in [0.4, 0.5) is 14.5 Å². The van der Waals surface area contributed by atoms with Crippen molar-refractivity contribution in [3.05, 3.63) is 76.9 Å². The summed E-state index contributed by atoms with van der Waals surface area (Å²) < 4.78 is 27.8. The number of aromatic carboxylic acids is 1. The monoisotopic (exact) mass is 327 g/mol. The summed E-state index contributed by atoms with van der Waals surface area (Å²) in [5, 5.41) is 12.2. The summed E-state index contributed by atoms with van der Waals surface area (Å²) in [6, 6.07) is 8.73. The van der Waals surface area contributed by atoms with Crippen molar-refractivity contribution >= 4 is 11.7 Å². The molecule has 0 unspecified atom stereocenters. The summed E-state index contributed by atoms with van der Waals surface area (Å²) in [5.74, 6) is -2.05. The molecule has 2 aromatic carbocycles. The lowest BCUT2D eigenvalue weighted by Crippen LogP contribution is -2.30. The van der Waals surface area contributed by atoms with E-state index in [9.17, 15) is 13.6 Å². The average Bonchev–Trinajstić information content (AvgIpc) is 3.04. The number of nitrogens with one attached hydrogen (secondary N) is 1. The molecule has 24 heavy (non-hydrogen) atoms. The molecule has 0 fully saturated rings. The molecule has 0 radical (unpaired) electrons. The number of carboxylic acids is 1. The number of carbonyl (C=O) groups is 1. The molecular weight excluding hydrogens is 312 g/mol. The first-order valence-corrected chi connectivity index (χ1v) is 7.80. The zero-order valence-corrected chi connectivity index (χ0v) is 12.7. The highest BCUT2D eigenvalue weighted by molar-refractivity contribution is 5.87. The van der Waals surface area contributed by atoms with E-state index in [-0.39, 0.29) is 23.4 Å². The SMILES string of the molecule is O=C(O)c1ccc([C@@H]2Nc3c(F)cc(F)cc3[C@@H]3C=CC[C@@H]32)cc1. The summed E-state index contributed by atoms with van der Waals surface area (Å²) in [7, 11) is 0. The van der Waals surface area contributed by atoms with Gasteiger partial charge in [0.1, 0.15) is 11.6 Å². The normalized spacial score (nSPS) is 24.2. The number of halogens is 2. The van der Waals surface area contributed by atoms with Crippen molar-refractivity contribution in [2.45, 2.75) is 18.4 Å². The van der Waals surface area contributed by atoms with E-state index in [1.165, 1.54) is 6.07 Å². The number of benzene rings is 2. The Bertz CT molecular complexity index is 845. The van der Waals surface area contributed by atoms with Gasteiger partial charge < -0.3 is 10.4 Å². The van der Waals surface area contributed by atoms with Gasteiger partial charge in [0.25, 0.3) is 0 Å². The van der Waals surface area contributed by atoms with E-state index in [1.54, 1.807) is 24.3 Å². The van der Waals surface area contributed by atoms with E-state index < -0.39 is 17.6 Å². The van der Waals surface area contributed by atoms with Crippen molar-refractivity contribution in [1.29, 1.82) is 0 Å². The van der Waals surface area contributed by atoms with E-state index >= 15 is 0 Å². The highest BCUT2D eigenvalue weighted by Crippen LogP contribution is 2.50. The number of hydrogen-bond donors (Lipinski definition) is 2. The molecule has 1 aliphatic carbocycles. The third-order valence-corrected chi connectivity index (χ3v) is 4.90. The van der Waals surface area contributed by atoms with Crippen LogP contribution in [-0.4, -0.2) is 11.1 Å². The van der Waals surface area contributed by atoms with Gasteiger partial charge in [-0.05, 0) is 41.7 Å². The maximum Gasteiger partial charge on any atom is 0.335 e. The molecule has 4 rings (SSSR count). The van der Waals surface area contributed by atoms with Crippen LogP contribution in [0.2, 0.25) is 0 Å². The second-order valence-electron chi connectivity index (χ2n) is 6.25. The molecule has 0 spiro atoms. The largest absolute Gasteiger partial charge is 0.478 e. The van der Waals surface area contributed by atoms with Crippen LogP contribution in [0.1, 0.15) is 39.9 Å². The number of allylic oxidation sites excluding steroid dienone is 2. The smallest absolute Gasteiger partial charge is 0.335 e. The van der Waals surface area contributed by atoms with Gasteiger partial charge in [-0.1, -0.05) is 24.3 Å². The van der Waals surface area contributed by atoms with Crippen molar-refractivity contribution in [1.82, 2.24) is 0 Å². The zero-order chi connectivity index (χ0) is 16.8. The van der Waals surface area contributed by atoms with Crippen molar-refractivity contribution in [3.8, 4) is 0 Å². The number of rotatable bonds is 2. The number of anilines is 1. The van der Waals surface area contributed by atoms with Crippen molar-refractivity contribution < 1.29 is 18.7 Å². The van der Waals surface area contributed by atoms with Crippen LogP contribution < -0.4 is 5.32 Å². The molecule has 0 saturated heterocycles. The lowest BCUT2D eigenvalue weighted by Gasteiger charge is -2.37. The Morgan fingerprint density at radius 2 is 1.92 bits per heavy atom. The standard InChI is InChI=1S/C19H15F2NO2/c20-12-8-15-13-2-1-3-14(13)17(22-18(15)16(21)9-12)10-4-6-11(7-5-10)19(23)24/h1-2,4-9,13-14,17,22H,3H2,(H,23,24)/t13-,14+,17+/m1/s1. The van der Waals surface area contributed by atoms with E-state index in [4.69, 9.17) is 5.11 Å². The molecular formula is C19H15F2NO2. The van der Waals surface area contributed by atoms with Crippen LogP contribution in [0.25, 0.3) is 0 Å². The van der Waals surface area contributed by atoms with Crippen molar-refractivity contribution in [3.63, 3.8) is 0 Å². The third kappa shape index (κ3) is 2.28. The van der Waals surface area contributed by atoms with Crippen molar-refractivity contribution in [2.24, 2.45) is 5.92 Å². The maximum absolute atomic E-state index is 14.2. The molecule has 0 aromatic heterocycles. The molecule has 122 valence electrons. The first kappa shape index (κ1) is 14.9. The Morgan fingerprint density at radius 1 is 1.17 bits per heavy atom. The number of fused-ring (bicyclic) bond motifs is 3. The Balaban J connectivity index is 1.76. The minimum absolute atomic E-state index is 0.0457. The fourth-order valence-electron chi connectivity index (χ4n) is 3.78. The fraction of sp³-hybridized carbons (Fsp3) is 0.211. The van der Waals surface area contributed by atoms with Crippen LogP contribution in [0.5, 0.6) is 0 Å². The van der Waals surface area contributed by atoms with E-state index in [1.807, 2.05) is 12.2 Å². The molecule has 3 nitrogen and oxygen atoms in total. The van der Waals surface area contributed by atoms with Crippen LogP contribution in [0, 0.1) is 17.6 Å². The van der Waals surface area contributed by atoms with Gasteiger partial charge in [-0.2, -0.15) is 0 Å². The molecule has 1 aliphatic heterocycles. The summed E-state index contributed by atoms with van der Waals surface area (Å²) in [4.78, 5) is 11.0. The number of hydrogen-bond acceptors (Lipinski definition) is 2. The summed E-state index contributed by atoms with van der Waals surface area (Å²) >= 11 is 0. The van der Waals surface area contributed by atoms with Crippen LogP contribution in [-0.2, 0) is 0 Å². The topological polar surface area (TPSA) is 49.3 Å². The van der Waals surface area contributed by atoms with Gasteiger partial charge in [0.15, 0.2) is 0 Å². The van der Waals surface area contributed by atoms with Gasteiger partial charge in [0, 0.05) is 12.0 Å². The molecule has 2 aromatic rings. The first-order valence-electron chi connectivity index (χ1n) is 7.80. The molecule has 1 heterocycles. The predicted octanol–water partition coefficient (Wildman–Crippen LogP) is 4.49. The first-order chi connectivity index (χ1) is 11.5. The van der Waals surface area contributed by atoms with Gasteiger partial charge in [0.05, 0.1) is 17.3 Å². The van der Waals surface area contributed by atoms with Crippen molar-refractivity contribution in [2.75, 3.05) is 5.32 Å². The predicted molar refractivity (Wildman–Crippen MR) is 86.1 cm³/mol. The highest BCUT2D eigenvalue weighted by atomic mass is 19.1. The summed E-state index contributed by atoms with van der Waals surface area (Å²) in [6.07, 6.45) is 4.84. The minimum Gasteiger partial charge on any atom is -0.478 e. The molecule has 2 N–H and O–H groups in total. The number of carboxylic acid groups (broad SMARTS) is 1. The average molecular weight is 327 g/mol. The van der Waals surface area contributed by atoms with Crippen LogP contribution in [0.3, 0.4) is 0 Å². The Labute approximate surface area is 137 Å². The molecule has 5 heteroatoms. The Kier molecular flexibility index (Phi) is 3.37. The Morgan fingerprint density at radius 3 is 2.62 bits per heavy atom. The Hall–Kier alpha value is -2.69. The summed E-state index contributed by atoms with van der Waals surface area (Å²) in [6.45, 7) is 0. The van der Waals surface area contributed by atoms with E-state index in [0.29, 0.717) is 11.3 Å².